The number of carbonyl (C=O) groups excluding carboxylic acids is 1. The van der Waals surface area contributed by atoms with E-state index in [0.29, 0.717) is 0 Å². The molecule has 0 aliphatic carbocycles. The molecule has 76 valence electrons. The summed E-state index contributed by atoms with van der Waals surface area (Å²) in [4.78, 5) is 12.6. The van der Waals surface area contributed by atoms with E-state index in [1.807, 2.05) is 0 Å². The van der Waals surface area contributed by atoms with Crippen LogP contribution in [0.5, 0.6) is 0 Å². The van der Waals surface area contributed by atoms with E-state index in [-0.39, 0.29) is 5.97 Å². The molecule has 0 unspecified atom stereocenters. The van der Waals surface area contributed by atoms with Gasteiger partial charge in [-0.05, 0) is 0 Å². The summed E-state index contributed by atoms with van der Waals surface area (Å²) in [6.07, 6.45) is 0. The van der Waals surface area contributed by atoms with E-state index in [9.17, 15) is 4.79 Å². The zero-order valence-corrected chi connectivity index (χ0v) is 11.9. The van der Waals surface area contributed by atoms with Crippen molar-refractivity contribution in [1.82, 2.24) is 4.90 Å². The van der Waals surface area contributed by atoms with Crippen LogP contribution in [-0.2, 0) is 7.90 Å². The van der Waals surface area contributed by atoms with Gasteiger partial charge in [-0.3, -0.25) is 0 Å². The van der Waals surface area contributed by atoms with Gasteiger partial charge in [0.25, 0.3) is 0 Å². The SMILES string of the molecule is CCN(CC)C(=S)S[Te]OC(C)=O. The fourth-order valence-electron chi connectivity index (χ4n) is 0.629. The van der Waals surface area contributed by atoms with Gasteiger partial charge in [0.2, 0.25) is 0 Å². The summed E-state index contributed by atoms with van der Waals surface area (Å²) in [6, 6.07) is 0. The van der Waals surface area contributed by atoms with E-state index in [1.54, 1.807) is 0 Å². The Bertz CT molecular complexity index is 185. The summed E-state index contributed by atoms with van der Waals surface area (Å²) in [6.45, 7) is 7.36. The van der Waals surface area contributed by atoms with Gasteiger partial charge in [-0.1, -0.05) is 0 Å². The molecule has 0 saturated heterocycles. The number of carbonyl (C=O) groups is 1. The number of thiocarbonyl (C=S) groups is 1. The van der Waals surface area contributed by atoms with Gasteiger partial charge in [-0.2, -0.15) is 0 Å². The molecule has 0 aromatic carbocycles. The molecule has 0 radical (unpaired) electrons. The average Bonchev–Trinajstić information content (AvgIpc) is 2.05. The first-order valence-corrected chi connectivity index (χ1v) is 8.88. The van der Waals surface area contributed by atoms with Crippen LogP contribution in [0.25, 0.3) is 0 Å². The second-order valence-electron chi connectivity index (χ2n) is 2.16. The van der Waals surface area contributed by atoms with E-state index < -0.39 is 20.0 Å². The van der Waals surface area contributed by atoms with Crippen molar-refractivity contribution >= 4 is 51.5 Å². The van der Waals surface area contributed by atoms with Crippen LogP contribution in [0, 0.1) is 0 Å². The van der Waals surface area contributed by atoms with Crippen molar-refractivity contribution in [3.63, 3.8) is 0 Å². The van der Waals surface area contributed by atoms with E-state index in [0.717, 1.165) is 17.4 Å². The standard InChI is InChI=1S/C7H13NO2S2Te/c1-4-8(5-2)7(11)12-13-10-6(3)9/h4-5H2,1-3H3. The van der Waals surface area contributed by atoms with Gasteiger partial charge in [-0.25, -0.2) is 0 Å². The van der Waals surface area contributed by atoms with Gasteiger partial charge < -0.3 is 0 Å². The minimum absolute atomic E-state index is 0.211. The fourth-order valence-corrected chi connectivity index (χ4v) is 4.51. The quantitative estimate of drug-likeness (QED) is 0.573. The Labute approximate surface area is 97.7 Å². The molecule has 6 heteroatoms. The molecular weight excluding hydrogens is 322 g/mol. The summed E-state index contributed by atoms with van der Waals surface area (Å²) in [7, 11) is 1.51. The topological polar surface area (TPSA) is 29.5 Å². The first-order valence-electron chi connectivity index (χ1n) is 3.92. The zero-order valence-electron chi connectivity index (χ0n) is 7.90. The van der Waals surface area contributed by atoms with Crippen LogP contribution >= 0.6 is 21.2 Å². The molecule has 0 saturated carbocycles. The zero-order chi connectivity index (χ0) is 10.3. The molecule has 3 nitrogen and oxygen atoms in total. The number of rotatable bonds is 4. The Balaban J connectivity index is 3.66. The molecule has 0 N–H and O–H groups in total. The molecule has 13 heavy (non-hydrogen) atoms. The van der Waals surface area contributed by atoms with Gasteiger partial charge in [0.1, 0.15) is 0 Å². The molecule has 0 amide bonds. The van der Waals surface area contributed by atoms with Gasteiger partial charge in [0.05, 0.1) is 0 Å². The third-order valence-electron chi connectivity index (χ3n) is 1.28. The predicted octanol–water partition coefficient (Wildman–Crippen LogP) is 1.44. The molecule has 0 aliphatic rings. The molecule has 0 bridgehead atoms. The maximum atomic E-state index is 10.5. The summed E-state index contributed by atoms with van der Waals surface area (Å²) >= 11 is 4.37. The van der Waals surface area contributed by atoms with Gasteiger partial charge in [0.15, 0.2) is 0 Å². The van der Waals surface area contributed by atoms with Crippen molar-refractivity contribution < 1.29 is 7.90 Å². The van der Waals surface area contributed by atoms with Crippen LogP contribution in [0.2, 0.25) is 0 Å². The van der Waals surface area contributed by atoms with E-state index in [4.69, 9.17) is 15.3 Å². The van der Waals surface area contributed by atoms with Crippen LogP contribution < -0.4 is 0 Å². The molecule has 0 aliphatic heterocycles. The first kappa shape index (κ1) is 13.5. The van der Waals surface area contributed by atoms with Crippen LogP contribution in [0.4, 0.5) is 0 Å². The third-order valence-corrected chi connectivity index (χ3v) is 6.50. The predicted molar refractivity (Wildman–Crippen MR) is 60.6 cm³/mol. The van der Waals surface area contributed by atoms with Crippen LogP contribution in [-0.4, -0.2) is 48.2 Å². The van der Waals surface area contributed by atoms with Crippen LogP contribution in [0.3, 0.4) is 0 Å². The third kappa shape index (κ3) is 6.55. The number of hydrogen-bond donors (Lipinski definition) is 0. The summed E-state index contributed by atoms with van der Waals surface area (Å²) < 4.78 is 5.73. The number of hydrogen-bond acceptors (Lipinski definition) is 4. The van der Waals surface area contributed by atoms with Gasteiger partial charge >= 0.3 is 98.1 Å². The number of nitrogens with zero attached hydrogens (tertiary/aromatic N) is 1. The van der Waals surface area contributed by atoms with Crippen molar-refractivity contribution in [1.29, 1.82) is 0 Å². The molecule has 0 atom stereocenters. The second kappa shape index (κ2) is 7.86. The maximum absolute atomic E-state index is 10.5. The Hall–Kier alpha value is 0.500. The molecule has 0 spiro atoms. The Morgan fingerprint density at radius 2 is 2.08 bits per heavy atom. The van der Waals surface area contributed by atoms with Crippen molar-refractivity contribution in [2.45, 2.75) is 20.8 Å². The second-order valence-corrected chi connectivity index (χ2v) is 6.57. The van der Waals surface area contributed by atoms with Crippen LogP contribution in [0.1, 0.15) is 20.8 Å². The Morgan fingerprint density at radius 3 is 2.46 bits per heavy atom. The molecule has 0 heterocycles. The molecular formula is C7H13NO2S2Te. The molecule has 0 aromatic rings. The Kier molecular flexibility index (Phi) is 8.16. The summed E-state index contributed by atoms with van der Waals surface area (Å²) in [5.41, 5.74) is 0. The fraction of sp³-hybridized carbons (Fsp3) is 0.714. The summed E-state index contributed by atoms with van der Waals surface area (Å²) in [5.74, 6) is -0.211. The van der Waals surface area contributed by atoms with E-state index in [2.05, 4.69) is 18.7 Å². The van der Waals surface area contributed by atoms with Crippen molar-refractivity contribution in [3.8, 4) is 0 Å². The monoisotopic (exact) mass is 337 g/mol. The molecule has 0 fully saturated rings. The van der Waals surface area contributed by atoms with Gasteiger partial charge in [-0.15, -0.1) is 0 Å². The molecule has 0 rings (SSSR count). The van der Waals surface area contributed by atoms with E-state index in [1.165, 1.54) is 15.9 Å². The molecule has 0 aromatic heterocycles. The van der Waals surface area contributed by atoms with Crippen molar-refractivity contribution in [2.75, 3.05) is 13.1 Å². The van der Waals surface area contributed by atoms with Crippen molar-refractivity contribution in [3.05, 3.63) is 0 Å². The average molecular weight is 335 g/mol. The minimum atomic E-state index is -0.786. The normalized spacial score (nSPS) is 9.46. The van der Waals surface area contributed by atoms with E-state index >= 15 is 0 Å². The first-order chi connectivity index (χ1) is 6.11. The van der Waals surface area contributed by atoms with Crippen molar-refractivity contribution in [2.24, 2.45) is 0 Å². The Morgan fingerprint density at radius 1 is 1.54 bits per heavy atom. The van der Waals surface area contributed by atoms with Crippen LogP contribution in [0.15, 0.2) is 0 Å². The summed E-state index contributed by atoms with van der Waals surface area (Å²) in [5, 5.41) is 0. The van der Waals surface area contributed by atoms with Gasteiger partial charge in [0, 0.05) is 0 Å².